The van der Waals surface area contributed by atoms with E-state index in [4.69, 9.17) is 16.5 Å². The molecule has 0 atom stereocenters. The van der Waals surface area contributed by atoms with Crippen molar-refractivity contribution in [3.63, 3.8) is 0 Å². The fraction of sp³-hybridized carbons (Fsp3) is 0.889. The molecule has 0 bridgehead atoms. The van der Waals surface area contributed by atoms with Gasteiger partial charge in [-0.05, 0) is 0 Å². The van der Waals surface area contributed by atoms with Crippen molar-refractivity contribution in [3.05, 3.63) is 0 Å². The van der Waals surface area contributed by atoms with Crippen LogP contribution in [-0.2, 0) is 0 Å². The van der Waals surface area contributed by atoms with E-state index in [9.17, 15) is 9.79 Å². The molecular formula is C9H20ClN2O2P. The molecule has 0 radical (unpaired) electrons. The zero-order valence-electron chi connectivity index (χ0n) is 9.90. The first-order chi connectivity index (χ1) is 6.46. The summed E-state index contributed by atoms with van der Waals surface area (Å²) < 4.78 is 1.32. The van der Waals surface area contributed by atoms with Crippen molar-refractivity contribution in [3.8, 4) is 6.07 Å². The normalized spacial score (nSPS) is 16.2. The number of rotatable bonds is 4. The molecular weight excluding hydrogens is 235 g/mol. The summed E-state index contributed by atoms with van der Waals surface area (Å²) in [6, 6.07) is 1.82. The molecule has 0 fully saturated rings. The summed E-state index contributed by atoms with van der Waals surface area (Å²) in [4.78, 5) is 20.2. The zero-order chi connectivity index (χ0) is 12.5. The van der Waals surface area contributed by atoms with Gasteiger partial charge in [-0.15, -0.1) is 0 Å². The van der Waals surface area contributed by atoms with Crippen LogP contribution in [0.2, 0.25) is 0 Å². The standard InChI is InChI=1S/C9H20ClN2O2P/c1-6-15(10,13,14)12(8(2)3)9(4,5)7-11/h8,13-14H,6H2,1-5H3. The number of hydrogen-bond acceptors (Lipinski definition) is 4. The quantitative estimate of drug-likeness (QED) is 0.757. The second-order valence-corrected chi connectivity index (χ2v) is 9.68. The topological polar surface area (TPSA) is 67.5 Å². The second-order valence-electron chi connectivity index (χ2n) is 4.46. The van der Waals surface area contributed by atoms with Gasteiger partial charge in [-0.25, -0.2) is 0 Å². The minimum absolute atomic E-state index is 0.0243. The summed E-state index contributed by atoms with van der Waals surface area (Å²) in [6.07, 6.45) is 0.0243. The molecule has 0 aliphatic heterocycles. The summed E-state index contributed by atoms with van der Waals surface area (Å²) in [6.45, 7) is 4.00. The Kier molecular flexibility index (Phi) is 4.19. The van der Waals surface area contributed by atoms with Crippen molar-refractivity contribution in [1.82, 2.24) is 4.67 Å². The van der Waals surface area contributed by atoms with E-state index in [2.05, 4.69) is 0 Å². The van der Waals surface area contributed by atoms with Crippen molar-refractivity contribution in [2.75, 3.05) is 6.16 Å². The molecule has 0 aromatic heterocycles. The SMILES string of the molecule is CCP(O)(O)(Cl)N(C(C)C)C(C)(C)C#N. The maximum absolute atomic E-state index is 10.1. The Morgan fingerprint density at radius 2 is 1.87 bits per heavy atom. The van der Waals surface area contributed by atoms with Crippen LogP contribution in [0, 0.1) is 11.3 Å². The van der Waals surface area contributed by atoms with E-state index in [1.807, 2.05) is 6.07 Å². The molecule has 15 heavy (non-hydrogen) atoms. The summed E-state index contributed by atoms with van der Waals surface area (Å²) in [5, 5.41) is 9.03. The van der Waals surface area contributed by atoms with Crippen LogP contribution < -0.4 is 0 Å². The Balaban J connectivity index is 5.48. The van der Waals surface area contributed by atoms with Crippen molar-refractivity contribution in [2.45, 2.75) is 46.2 Å². The van der Waals surface area contributed by atoms with Crippen LogP contribution in [0.4, 0.5) is 0 Å². The molecule has 0 aliphatic carbocycles. The molecule has 0 rings (SSSR count). The Morgan fingerprint density at radius 1 is 1.47 bits per heavy atom. The summed E-state index contributed by atoms with van der Waals surface area (Å²) in [5.41, 5.74) is -1.01. The number of nitrogens with zero attached hydrogens (tertiary/aromatic N) is 2. The Hall–Kier alpha value is 0.0900. The molecule has 0 unspecified atom stereocenters. The third-order valence-corrected chi connectivity index (χ3v) is 6.41. The van der Waals surface area contributed by atoms with Gasteiger partial charge in [0.25, 0.3) is 0 Å². The van der Waals surface area contributed by atoms with Crippen LogP contribution in [0.5, 0.6) is 0 Å². The van der Waals surface area contributed by atoms with Gasteiger partial charge in [0.15, 0.2) is 0 Å². The van der Waals surface area contributed by atoms with Crippen LogP contribution in [0.25, 0.3) is 0 Å². The third kappa shape index (κ3) is 3.27. The van der Waals surface area contributed by atoms with E-state index in [0.29, 0.717) is 0 Å². The first kappa shape index (κ1) is 15.1. The molecule has 0 heterocycles. The Bertz CT molecular complexity index is 278. The molecule has 0 aliphatic rings. The van der Waals surface area contributed by atoms with Crippen LogP contribution in [0.15, 0.2) is 0 Å². The third-order valence-electron chi connectivity index (χ3n) is 2.31. The molecule has 0 aromatic carbocycles. The van der Waals surface area contributed by atoms with E-state index < -0.39 is 12.1 Å². The van der Waals surface area contributed by atoms with Crippen molar-refractivity contribution in [2.24, 2.45) is 0 Å². The maximum atomic E-state index is 10.1. The molecule has 90 valence electrons. The van der Waals surface area contributed by atoms with Gasteiger partial charge in [-0.2, -0.15) is 0 Å². The van der Waals surface area contributed by atoms with Gasteiger partial charge in [-0.1, -0.05) is 0 Å². The zero-order valence-corrected chi connectivity index (χ0v) is 11.5. The van der Waals surface area contributed by atoms with Crippen LogP contribution in [0.3, 0.4) is 0 Å². The average Bonchev–Trinajstić information content (AvgIpc) is 2.01. The van der Waals surface area contributed by atoms with Gasteiger partial charge in [-0.3, -0.25) is 0 Å². The van der Waals surface area contributed by atoms with Gasteiger partial charge in [0.2, 0.25) is 0 Å². The summed E-state index contributed by atoms with van der Waals surface area (Å²) >= 11 is 5.92. The van der Waals surface area contributed by atoms with E-state index in [1.165, 1.54) is 4.67 Å². The van der Waals surface area contributed by atoms with Gasteiger partial charge in [0.05, 0.1) is 0 Å². The van der Waals surface area contributed by atoms with Crippen molar-refractivity contribution >= 4 is 17.8 Å². The predicted molar refractivity (Wildman–Crippen MR) is 64.4 cm³/mol. The van der Waals surface area contributed by atoms with E-state index >= 15 is 0 Å². The summed E-state index contributed by atoms with van der Waals surface area (Å²) in [7, 11) is 0. The van der Waals surface area contributed by atoms with E-state index in [0.717, 1.165) is 0 Å². The molecule has 0 saturated heterocycles. The fourth-order valence-corrected chi connectivity index (χ4v) is 5.15. The number of nitriles is 1. The first-order valence-electron chi connectivity index (χ1n) is 4.90. The van der Waals surface area contributed by atoms with Crippen LogP contribution >= 0.6 is 17.8 Å². The average molecular weight is 255 g/mol. The van der Waals surface area contributed by atoms with Gasteiger partial charge >= 0.3 is 96.0 Å². The van der Waals surface area contributed by atoms with E-state index in [-0.39, 0.29) is 12.2 Å². The molecule has 4 nitrogen and oxygen atoms in total. The van der Waals surface area contributed by atoms with Crippen LogP contribution in [0.1, 0.15) is 34.6 Å². The molecule has 6 heteroatoms. The monoisotopic (exact) mass is 254 g/mol. The molecule has 2 N–H and O–H groups in total. The molecule has 0 saturated carbocycles. The Morgan fingerprint density at radius 3 is 2.07 bits per heavy atom. The second kappa shape index (κ2) is 4.16. The predicted octanol–water partition coefficient (Wildman–Crippen LogP) is 2.46. The molecule has 0 spiro atoms. The number of halogens is 1. The van der Waals surface area contributed by atoms with Gasteiger partial charge in [0.1, 0.15) is 0 Å². The van der Waals surface area contributed by atoms with Crippen molar-refractivity contribution in [1.29, 1.82) is 5.26 Å². The van der Waals surface area contributed by atoms with E-state index in [1.54, 1.807) is 34.6 Å². The number of hydrogen-bond donors (Lipinski definition) is 2. The molecule has 0 amide bonds. The molecule has 0 aromatic rings. The Labute approximate surface area is 96.4 Å². The van der Waals surface area contributed by atoms with Gasteiger partial charge < -0.3 is 0 Å². The van der Waals surface area contributed by atoms with Crippen molar-refractivity contribution < 1.29 is 9.79 Å². The first-order valence-corrected chi connectivity index (χ1v) is 8.09. The van der Waals surface area contributed by atoms with Crippen LogP contribution in [-0.4, -0.2) is 32.2 Å². The van der Waals surface area contributed by atoms with Gasteiger partial charge in [0, 0.05) is 0 Å². The fourth-order valence-electron chi connectivity index (χ4n) is 1.80. The summed E-state index contributed by atoms with van der Waals surface area (Å²) in [5.74, 6) is 0. The minimum atomic E-state index is -4.42.